The molecule has 0 spiro atoms. The summed E-state index contributed by atoms with van der Waals surface area (Å²) in [5.41, 5.74) is 1.20. The predicted octanol–water partition coefficient (Wildman–Crippen LogP) is 1.39. The number of amides is 3. The van der Waals surface area contributed by atoms with Gasteiger partial charge in [-0.2, -0.15) is 0 Å². The fourth-order valence-corrected chi connectivity index (χ4v) is 2.86. The molecule has 1 heterocycles. The van der Waals surface area contributed by atoms with E-state index in [-0.39, 0.29) is 23.6 Å². The second-order valence-corrected chi connectivity index (χ2v) is 6.10. The van der Waals surface area contributed by atoms with Crippen LogP contribution in [0.5, 0.6) is 0 Å². The first-order valence-electron chi connectivity index (χ1n) is 8.07. The van der Waals surface area contributed by atoms with Crippen molar-refractivity contribution in [3.8, 4) is 0 Å². The average Bonchev–Trinajstić information content (AvgIpc) is 3.30. The van der Waals surface area contributed by atoms with Gasteiger partial charge < -0.3 is 15.5 Å². The second-order valence-electron chi connectivity index (χ2n) is 6.10. The zero-order valence-corrected chi connectivity index (χ0v) is 13.2. The van der Waals surface area contributed by atoms with E-state index in [0.717, 1.165) is 12.8 Å². The molecule has 1 aliphatic heterocycles. The lowest BCUT2D eigenvalue weighted by atomic mass is 10.1. The number of hydrogen-bond donors (Lipinski definition) is 2. The number of benzene rings is 1. The van der Waals surface area contributed by atoms with E-state index in [1.165, 1.54) is 0 Å². The number of carbonyl (C=O) groups excluding carboxylic acids is 3. The highest BCUT2D eigenvalue weighted by molar-refractivity contribution is 5.98. The monoisotopic (exact) mass is 315 g/mol. The molecule has 0 radical (unpaired) electrons. The van der Waals surface area contributed by atoms with Crippen molar-refractivity contribution in [1.29, 1.82) is 0 Å². The van der Waals surface area contributed by atoms with Gasteiger partial charge in [0.15, 0.2) is 0 Å². The zero-order valence-electron chi connectivity index (χ0n) is 13.2. The molecule has 0 unspecified atom stereocenters. The van der Waals surface area contributed by atoms with E-state index in [4.69, 9.17) is 0 Å². The maximum absolute atomic E-state index is 12.3. The van der Waals surface area contributed by atoms with Crippen molar-refractivity contribution in [2.24, 2.45) is 5.92 Å². The van der Waals surface area contributed by atoms with Crippen molar-refractivity contribution in [2.45, 2.75) is 32.2 Å². The number of nitrogens with zero attached hydrogens (tertiary/aromatic N) is 1. The quantitative estimate of drug-likeness (QED) is 0.862. The minimum atomic E-state index is -0.286. The number of likely N-dealkylation sites (tertiary alicyclic amines) is 1. The van der Waals surface area contributed by atoms with Gasteiger partial charge in [0, 0.05) is 36.8 Å². The zero-order chi connectivity index (χ0) is 16.4. The summed E-state index contributed by atoms with van der Waals surface area (Å²) >= 11 is 0. The highest BCUT2D eigenvalue weighted by Gasteiger charge is 2.41. The third-order valence-electron chi connectivity index (χ3n) is 4.27. The van der Waals surface area contributed by atoms with Crippen LogP contribution in [0.15, 0.2) is 24.3 Å². The molecule has 6 heteroatoms. The maximum Gasteiger partial charge on any atom is 0.251 e. The minimum Gasteiger partial charge on any atom is -0.352 e. The fourth-order valence-electron chi connectivity index (χ4n) is 2.86. The van der Waals surface area contributed by atoms with Gasteiger partial charge in [-0.25, -0.2) is 0 Å². The summed E-state index contributed by atoms with van der Waals surface area (Å²) in [6.45, 7) is 2.96. The number of nitrogens with one attached hydrogen (secondary N) is 2. The molecule has 2 aliphatic rings. The van der Waals surface area contributed by atoms with Crippen LogP contribution in [0.3, 0.4) is 0 Å². The molecule has 122 valence electrons. The Bertz CT molecular complexity index is 622. The molecule has 1 saturated carbocycles. The first-order valence-corrected chi connectivity index (χ1v) is 8.07. The Labute approximate surface area is 135 Å². The molecule has 1 saturated heterocycles. The smallest absolute Gasteiger partial charge is 0.251 e. The molecule has 0 bridgehead atoms. The predicted molar refractivity (Wildman–Crippen MR) is 85.9 cm³/mol. The summed E-state index contributed by atoms with van der Waals surface area (Å²) < 4.78 is 0. The fraction of sp³-hybridized carbons (Fsp3) is 0.471. The van der Waals surface area contributed by atoms with Gasteiger partial charge in [-0.15, -0.1) is 0 Å². The molecular weight excluding hydrogens is 294 g/mol. The van der Waals surface area contributed by atoms with Crippen LogP contribution in [-0.2, 0) is 9.59 Å². The van der Waals surface area contributed by atoms with E-state index in [1.807, 2.05) is 11.8 Å². The Hall–Kier alpha value is -2.37. The molecule has 1 aromatic carbocycles. The van der Waals surface area contributed by atoms with Gasteiger partial charge in [0.2, 0.25) is 11.8 Å². The van der Waals surface area contributed by atoms with Crippen LogP contribution in [0.25, 0.3) is 0 Å². The third-order valence-corrected chi connectivity index (χ3v) is 4.27. The molecule has 6 nitrogen and oxygen atoms in total. The molecule has 23 heavy (non-hydrogen) atoms. The number of carbonyl (C=O) groups is 3. The van der Waals surface area contributed by atoms with Crippen LogP contribution < -0.4 is 10.6 Å². The van der Waals surface area contributed by atoms with Gasteiger partial charge in [0.1, 0.15) is 0 Å². The summed E-state index contributed by atoms with van der Waals surface area (Å²) in [6.07, 6.45) is 2.40. The Balaban J connectivity index is 1.57. The minimum absolute atomic E-state index is 0.0826. The number of anilines is 1. The molecule has 2 fully saturated rings. The van der Waals surface area contributed by atoms with Crippen molar-refractivity contribution >= 4 is 23.4 Å². The Kier molecular flexibility index (Phi) is 4.32. The van der Waals surface area contributed by atoms with E-state index < -0.39 is 0 Å². The van der Waals surface area contributed by atoms with Crippen molar-refractivity contribution in [3.05, 3.63) is 29.8 Å². The van der Waals surface area contributed by atoms with Crippen molar-refractivity contribution < 1.29 is 14.4 Å². The number of rotatable bonds is 5. The SMILES string of the molecule is CCNC(=O)c1ccc(NC(=O)[C@H]2CC(=O)N(C3CC3)C2)cc1. The highest BCUT2D eigenvalue weighted by Crippen LogP contribution is 2.32. The average molecular weight is 315 g/mol. The summed E-state index contributed by atoms with van der Waals surface area (Å²) in [6, 6.07) is 7.13. The lowest BCUT2D eigenvalue weighted by molar-refractivity contribution is -0.128. The third kappa shape index (κ3) is 3.52. The van der Waals surface area contributed by atoms with Gasteiger partial charge >= 0.3 is 0 Å². The summed E-state index contributed by atoms with van der Waals surface area (Å²) in [7, 11) is 0. The lowest BCUT2D eigenvalue weighted by Gasteiger charge is -2.15. The van der Waals surface area contributed by atoms with Crippen molar-refractivity contribution in [1.82, 2.24) is 10.2 Å². The molecule has 1 aliphatic carbocycles. The van der Waals surface area contributed by atoms with Gasteiger partial charge in [0.25, 0.3) is 5.91 Å². The first-order chi connectivity index (χ1) is 11.1. The number of hydrogen-bond acceptors (Lipinski definition) is 3. The van der Waals surface area contributed by atoms with Gasteiger partial charge in [-0.3, -0.25) is 14.4 Å². The van der Waals surface area contributed by atoms with Crippen LogP contribution in [0.4, 0.5) is 5.69 Å². The van der Waals surface area contributed by atoms with Gasteiger partial charge in [-0.1, -0.05) is 0 Å². The van der Waals surface area contributed by atoms with Crippen LogP contribution >= 0.6 is 0 Å². The van der Waals surface area contributed by atoms with Crippen LogP contribution in [0.1, 0.15) is 36.5 Å². The first kappa shape index (κ1) is 15.5. The Morgan fingerprint density at radius 2 is 1.91 bits per heavy atom. The molecular formula is C17H21N3O3. The Morgan fingerprint density at radius 1 is 1.22 bits per heavy atom. The normalized spacial score (nSPS) is 20.5. The Morgan fingerprint density at radius 3 is 2.52 bits per heavy atom. The molecule has 1 aromatic rings. The topological polar surface area (TPSA) is 78.5 Å². The molecule has 1 atom stereocenters. The summed E-state index contributed by atoms with van der Waals surface area (Å²) in [5, 5.41) is 5.56. The van der Waals surface area contributed by atoms with E-state index in [0.29, 0.717) is 36.8 Å². The molecule has 3 amide bonds. The van der Waals surface area contributed by atoms with Crippen LogP contribution in [0, 0.1) is 5.92 Å². The van der Waals surface area contributed by atoms with Gasteiger partial charge in [-0.05, 0) is 44.0 Å². The van der Waals surface area contributed by atoms with Crippen LogP contribution in [-0.4, -0.2) is 41.8 Å². The van der Waals surface area contributed by atoms with Crippen molar-refractivity contribution in [3.63, 3.8) is 0 Å². The van der Waals surface area contributed by atoms with Crippen LogP contribution in [0.2, 0.25) is 0 Å². The van der Waals surface area contributed by atoms with Gasteiger partial charge in [0.05, 0.1) is 5.92 Å². The standard InChI is InChI=1S/C17H21N3O3/c1-2-18-16(22)11-3-5-13(6-4-11)19-17(23)12-9-15(21)20(10-12)14-7-8-14/h3-6,12,14H,2,7-10H2,1H3,(H,18,22)(H,19,23)/t12-/m0/s1. The maximum atomic E-state index is 12.3. The largest absolute Gasteiger partial charge is 0.352 e. The molecule has 0 aromatic heterocycles. The van der Waals surface area contributed by atoms with E-state index >= 15 is 0 Å². The summed E-state index contributed by atoms with van der Waals surface area (Å²) in [5.74, 6) is -0.468. The van der Waals surface area contributed by atoms with Crippen molar-refractivity contribution in [2.75, 3.05) is 18.4 Å². The lowest BCUT2D eigenvalue weighted by Crippen LogP contribution is -2.29. The second kappa shape index (κ2) is 6.40. The molecule has 3 rings (SSSR count). The molecule has 2 N–H and O–H groups in total. The van der Waals surface area contributed by atoms with E-state index in [9.17, 15) is 14.4 Å². The highest BCUT2D eigenvalue weighted by atomic mass is 16.2. The summed E-state index contributed by atoms with van der Waals surface area (Å²) in [4.78, 5) is 37.7. The van der Waals surface area contributed by atoms with E-state index in [1.54, 1.807) is 24.3 Å². The van der Waals surface area contributed by atoms with E-state index in [2.05, 4.69) is 10.6 Å².